The highest BCUT2D eigenvalue weighted by Crippen LogP contribution is 2.23. The molecule has 3 rings (SSSR count). The maximum Gasteiger partial charge on any atom is 0.251 e. The lowest BCUT2D eigenvalue weighted by atomic mass is 10.1. The summed E-state index contributed by atoms with van der Waals surface area (Å²) in [6, 6.07) is 13.7. The molecule has 0 spiro atoms. The number of rotatable bonds is 8. The molecule has 1 N–H and O–H groups in total. The van der Waals surface area contributed by atoms with Crippen LogP contribution in [0.2, 0.25) is 0 Å². The van der Waals surface area contributed by atoms with Crippen LogP contribution in [0.1, 0.15) is 33.5 Å². The molecule has 2 aromatic carbocycles. The van der Waals surface area contributed by atoms with Crippen LogP contribution in [0, 0.1) is 13.8 Å². The number of aryl methyl sites for hydroxylation is 3. The van der Waals surface area contributed by atoms with Crippen molar-refractivity contribution in [3.63, 3.8) is 0 Å². The summed E-state index contributed by atoms with van der Waals surface area (Å²) in [6.07, 6.45) is 4.49. The van der Waals surface area contributed by atoms with Crippen molar-refractivity contribution in [3.8, 4) is 5.75 Å². The van der Waals surface area contributed by atoms with E-state index in [-0.39, 0.29) is 5.91 Å². The van der Waals surface area contributed by atoms with E-state index in [1.165, 1.54) is 0 Å². The molecule has 0 atom stereocenters. The van der Waals surface area contributed by atoms with Gasteiger partial charge in [-0.1, -0.05) is 30.3 Å². The number of amides is 1. The van der Waals surface area contributed by atoms with Crippen molar-refractivity contribution in [3.05, 3.63) is 81.6 Å². The standard InChI is InChI=1S/C22H24BrN3O2/c1-16-5-3-6-17(2)21(16)28-15-18-7-9-19(10-8-18)22(27)24-11-4-12-26-14-20(23)13-25-26/h3,5-10,13-14H,4,11-12,15H2,1-2H3,(H,24,27). The molecule has 1 amide bonds. The Bertz CT molecular complexity index is 915. The average molecular weight is 442 g/mol. The molecule has 1 heterocycles. The zero-order chi connectivity index (χ0) is 19.9. The minimum absolute atomic E-state index is 0.0659. The summed E-state index contributed by atoms with van der Waals surface area (Å²) < 4.78 is 8.77. The summed E-state index contributed by atoms with van der Waals surface area (Å²) in [5.41, 5.74) is 3.93. The fourth-order valence-corrected chi connectivity index (χ4v) is 3.27. The van der Waals surface area contributed by atoms with E-state index in [2.05, 4.69) is 26.3 Å². The summed E-state index contributed by atoms with van der Waals surface area (Å²) in [5.74, 6) is 0.859. The number of hydrogen-bond acceptors (Lipinski definition) is 3. The Morgan fingerprint density at radius 2 is 1.86 bits per heavy atom. The topological polar surface area (TPSA) is 56.1 Å². The minimum atomic E-state index is -0.0659. The van der Waals surface area contributed by atoms with Crippen molar-refractivity contribution < 1.29 is 9.53 Å². The van der Waals surface area contributed by atoms with Crippen LogP contribution in [-0.2, 0) is 13.2 Å². The van der Waals surface area contributed by atoms with Crippen LogP contribution in [0.4, 0.5) is 0 Å². The van der Waals surface area contributed by atoms with Crippen molar-refractivity contribution >= 4 is 21.8 Å². The number of carbonyl (C=O) groups excluding carboxylic acids is 1. The first kappa shape index (κ1) is 20.1. The van der Waals surface area contributed by atoms with Gasteiger partial charge in [-0.3, -0.25) is 9.48 Å². The van der Waals surface area contributed by atoms with Gasteiger partial charge in [0.05, 0.1) is 10.7 Å². The molecule has 0 saturated heterocycles. The van der Waals surface area contributed by atoms with Crippen LogP contribution in [0.25, 0.3) is 0 Å². The third kappa shape index (κ3) is 5.45. The summed E-state index contributed by atoms with van der Waals surface area (Å²) in [6.45, 7) is 5.93. The number of aromatic nitrogens is 2. The van der Waals surface area contributed by atoms with Crippen molar-refractivity contribution in [2.45, 2.75) is 33.4 Å². The quantitative estimate of drug-likeness (QED) is 0.517. The first-order chi connectivity index (χ1) is 13.5. The molecule has 0 fully saturated rings. The van der Waals surface area contributed by atoms with Crippen LogP contribution in [-0.4, -0.2) is 22.2 Å². The predicted molar refractivity (Wildman–Crippen MR) is 114 cm³/mol. The fourth-order valence-electron chi connectivity index (χ4n) is 2.94. The molecular formula is C22H24BrN3O2. The van der Waals surface area contributed by atoms with Crippen molar-refractivity contribution in [1.82, 2.24) is 15.1 Å². The normalized spacial score (nSPS) is 10.7. The number of nitrogens with zero attached hydrogens (tertiary/aromatic N) is 2. The number of para-hydroxylation sites is 1. The van der Waals surface area contributed by atoms with Crippen molar-refractivity contribution in [2.75, 3.05) is 6.54 Å². The van der Waals surface area contributed by atoms with E-state index < -0.39 is 0 Å². The first-order valence-corrected chi connectivity index (χ1v) is 10.1. The van der Waals surface area contributed by atoms with Gasteiger partial charge < -0.3 is 10.1 Å². The Hall–Kier alpha value is -2.60. The summed E-state index contributed by atoms with van der Waals surface area (Å²) >= 11 is 3.37. The van der Waals surface area contributed by atoms with Crippen LogP contribution >= 0.6 is 15.9 Å². The van der Waals surface area contributed by atoms with E-state index in [1.54, 1.807) is 6.20 Å². The summed E-state index contributed by atoms with van der Waals surface area (Å²) in [4.78, 5) is 12.3. The molecule has 0 bridgehead atoms. The maximum atomic E-state index is 12.3. The van der Waals surface area contributed by atoms with E-state index >= 15 is 0 Å². The van der Waals surface area contributed by atoms with Gasteiger partial charge in [0.15, 0.2) is 0 Å². The second kappa shape index (κ2) is 9.55. The van der Waals surface area contributed by atoms with Gasteiger partial charge in [0.1, 0.15) is 12.4 Å². The molecule has 0 aliphatic rings. The lowest BCUT2D eigenvalue weighted by molar-refractivity contribution is 0.0952. The van der Waals surface area contributed by atoms with Crippen LogP contribution < -0.4 is 10.1 Å². The molecule has 5 nitrogen and oxygen atoms in total. The number of ether oxygens (including phenoxy) is 1. The van der Waals surface area contributed by atoms with Crippen molar-refractivity contribution in [1.29, 1.82) is 0 Å². The Balaban J connectivity index is 1.46. The Morgan fingerprint density at radius 3 is 2.50 bits per heavy atom. The zero-order valence-electron chi connectivity index (χ0n) is 16.1. The number of benzene rings is 2. The lowest BCUT2D eigenvalue weighted by Gasteiger charge is -2.12. The SMILES string of the molecule is Cc1cccc(C)c1OCc1ccc(C(=O)NCCCn2cc(Br)cn2)cc1. The van der Waals surface area contributed by atoms with E-state index in [0.717, 1.165) is 39.9 Å². The second-order valence-corrected chi connectivity index (χ2v) is 7.65. The molecule has 1 aromatic heterocycles. The number of carbonyl (C=O) groups is 1. The van der Waals surface area contributed by atoms with Gasteiger partial charge in [-0.25, -0.2) is 0 Å². The van der Waals surface area contributed by atoms with Crippen molar-refractivity contribution in [2.24, 2.45) is 0 Å². The van der Waals surface area contributed by atoms with Gasteiger partial charge in [-0.15, -0.1) is 0 Å². The zero-order valence-corrected chi connectivity index (χ0v) is 17.7. The third-order valence-electron chi connectivity index (χ3n) is 4.46. The van der Waals surface area contributed by atoms with E-state index in [4.69, 9.17) is 4.74 Å². The number of nitrogens with one attached hydrogen (secondary N) is 1. The van der Waals surface area contributed by atoms with Crippen LogP contribution in [0.15, 0.2) is 59.3 Å². The Morgan fingerprint density at radius 1 is 1.14 bits per heavy atom. The smallest absolute Gasteiger partial charge is 0.251 e. The monoisotopic (exact) mass is 441 g/mol. The molecule has 0 radical (unpaired) electrons. The third-order valence-corrected chi connectivity index (χ3v) is 4.87. The predicted octanol–water partition coefficient (Wildman–Crippen LogP) is 4.66. The highest BCUT2D eigenvalue weighted by Gasteiger charge is 2.07. The fraction of sp³-hybridized carbons (Fsp3) is 0.273. The molecule has 0 aliphatic heterocycles. The minimum Gasteiger partial charge on any atom is -0.488 e. The van der Waals surface area contributed by atoms with Gasteiger partial charge in [-0.2, -0.15) is 5.10 Å². The Labute approximate surface area is 173 Å². The number of halogens is 1. The molecule has 0 aliphatic carbocycles. The van der Waals surface area contributed by atoms with Crippen LogP contribution in [0.5, 0.6) is 5.75 Å². The van der Waals surface area contributed by atoms with E-state index in [1.807, 2.05) is 67.2 Å². The number of hydrogen-bond donors (Lipinski definition) is 1. The molecule has 6 heteroatoms. The van der Waals surface area contributed by atoms with Gasteiger partial charge >= 0.3 is 0 Å². The molecule has 28 heavy (non-hydrogen) atoms. The van der Waals surface area contributed by atoms with Gasteiger partial charge in [0.25, 0.3) is 5.91 Å². The molecule has 0 saturated carbocycles. The lowest BCUT2D eigenvalue weighted by Crippen LogP contribution is -2.25. The highest BCUT2D eigenvalue weighted by atomic mass is 79.9. The molecule has 3 aromatic rings. The van der Waals surface area contributed by atoms with E-state index in [0.29, 0.717) is 18.7 Å². The van der Waals surface area contributed by atoms with E-state index in [9.17, 15) is 4.79 Å². The molecule has 0 unspecified atom stereocenters. The summed E-state index contributed by atoms with van der Waals surface area (Å²) in [5, 5.41) is 7.14. The summed E-state index contributed by atoms with van der Waals surface area (Å²) in [7, 11) is 0. The first-order valence-electron chi connectivity index (χ1n) is 9.27. The van der Waals surface area contributed by atoms with Gasteiger partial charge in [0, 0.05) is 24.8 Å². The van der Waals surface area contributed by atoms with Crippen LogP contribution in [0.3, 0.4) is 0 Å². The van der Waals surface area contributed by atoms with Gasteiger partial charge in [-0.05, 0) is 65.0 Å². The maximum absolute atomic E-state index is 12.3. The second-order valence-electron chi connectivity index (χ2n) is 6.74. The average Bonchev–Trinajstić information content (AvgIpc) is 3.10. The molecular weight excluding hydrogens is 418 g/mol. The van der Waals surface area contributed by atoms with Gasteiger partial charge in [0.2, 0.25) is 0 Å². The highest BCUT2D eigenvalue weighted by molar-refractivity contribution is 9.10. The Kier molecular flexibility index (Phi) is 6.87. The largest absolute Gasteiger partial charge is 0.488 e. The molecule has 146 valence electrons.